The first-order chi connectivity index (χ1) is 6.93. The van der Waals surface area contributed by atoms with Crippen LogP contribution in [-0.2, 0) is 0 Å². The SMILES string of the molecule is CCN(C(C)CN(C)C)C(C)C(C)CN. The maximum absolute atomic E-state index is 5.73. The van der Waals surface area contributed by atoms with Crippen molar-refractivity contribution in [3.8, 4) is 0 Å². The number of hydrogen-bond donors (Lipinski definition) is 1. The van der Waals surface area contributed by atoms with Crippen molar-refractivity contribution in [3.05, 3.63) is 0 Å². The Hall–Kier alpha value is -0.120. The maximum Gasteiger partial charge on any atom is 0.0197 e. The lowest BCUT2D eigenvalue weighted by Crippen LogP contribution is -2.48. The minimum absolute atomic E-state index is 0.564. The van der Waals surface area contributed by atoms with E-state index in [1.165, 1.54) is 0 Å². The maximum atomic E-state index is 5.73. The van der Waals surface area contributed by atoms with Crippen molar-refractivity contribution in [2.24, 2.45) is 11.7 Å². The van der Waals surface area contributed by atoms with E-state index >= 15 is 0 Å². The Kier molecular flexibility index (Phi) is 7.14. The molecule has 3 unspecified atom stereocenters. The highest BCUT2D eigenvalue weighted by atomic mass is 15.2. The Labute approximate surface area is 95.6 Å². The Morgan fingerprint density at radius 1 is 1.13 bits per heavy atom. The van der Waals surface area contributed by atoms with Gasteiger partial charge in [-0.2, -0.15) is 0 Å². The van der Waals surface area contributed by atoms with Crippen molar-refractivity contribution in [3.63, 3.8) is 0 Å². The first kappa shape index (κ1) is 14.9. The molecule has 0 amide bonds. The minimum Gasteiger partial charge on any atom is -0.330 e. The van der Waals surface area contributed by atoms with Crippen LogP contribution in [0, 0.1) is 5.92 Å². The van der Waals surface area contributed by atoms with E-state index in [2.05, 4.69) is 51.6 Å². The summed E-state index contributed by atoms with van der Waals surface area (Å²) < 4.78 is 0. The lowest BCUT2D eigenvalue weighted by atomic mass is 10.0. The number of hydrogen-bond acceptors (Lipinski definition) is 3. The van der Waals surface area contributed by atoms with Crippen molar-refractivity contribution in [2.75, 3.05) is 33.7 Å². The third kappa shape index (κ3) is 4.96. The molecule has 92 valence electrons. The average Bonchev–Trinajstić information content (AvgIpc) is 2.16. The second-order valence-electron chi connectivity index (χ2n) is 4.90. The van der Waals surface area contributed by atoms with Gasteiger partial charge in [0.2, 0.25) is 0 Å². The molecule has 3 atom stereocenters. The molecule has 15 heavy (non-hydrogen) atoms. The minimum atomic E-state index is 0.564. The monoisotopic (exact) mass is 215 g/mol. The van der Waals surface area contributed by atoms with Crippen LogP contribution in [0.3, 0.4) is 0 Å². The van der Waals surface area contributed by atoms with Gasteiger partial charge in [-0.05, 0) is 47.0 Å². The molecule has 3 heteroatoms. The fourth-order valence-electron chi connectivity index (χ4n) is 2.16. The molecule has 0 radical (unpaired) electrons. The Morgan fingerprint density at radius 2 is 1.67 bits per heavy atom. The standard InChI is InChI=1S/C12H29N3/c1-7-15(11(3)9-14(5)6)12(4)10(2)8-13/h10-12H,7-9,13H2,1-6H3. The summed E-state index contributed by atoms with van der Waals surface area (Å²) in [5.74, 6) is 0.564. The van der Waals surface area contributed by atoms with Crippen molar-refractivity contribution >= 4 is 0 Å². The van der Waals surface area contributed by atoms with Gasteiger partial charge < -0.3 is 10.6 Å². The van der Waals surface area contributed by atoms with Crippen LogP contribution in [0.15, 0.2) is 0 Å². The molecule has 0 aromatic carbocycles. The van der Waals surface area contributed by atoms with Gasteiger partial charge in [-0.3, -0.25) is 4.90 Å². The Morgan fingerprint density at radius 3 is 2.00 bits per heavy atom. The van der Waals surface area contributed by atoms with Gasteiger partial charge in [-0.15, -0.1) is 0 Å². The van der Waals surface area contributed by atoms with Crippen LogP contribution in [0.2, 0.25) is 0 Å². The summed E-state index contributed by atoms with van der Waals surface area (Å²) in [7, 11) is 4.25. The Bertz CT molecular complexity index is 159. The lowest BCUT2D eigenvalue weighted by Gasteiger charge is -2.37. The molecule has 0 saturated carbocycles. The average molecular weight is 215 g/mol. The van der Waals surface area contributed by atoms with Crippen LogP contribution >= 0.6 is 0 Å². The van der Waals surface area contributed by atoms with Crippen molar-refractivity contribution in [1.82, 2.24) is 9.80 Å². The van der Waals surface area contributed by atoms with E-state index in [9.17, 15) is 0 Å². The first-order valence-corrected chi connectivity index (χ1v) is 6.04. The largest absolute Gasteiger partial charge is 0.330 e. The number of rotatable bonds is 7. The van der Waals surface area contributed by atoms with E-state index < -0.39 is 0 Å². The van der Waals surface area contributed by atoms with Gasteiger partial charge in [0, 0.05) is 18.6 Å². The molecular weight excluding hydrogens is 186 g/mol. The van der Waals surface area contributed by atoms with Crippen molar-refractivity contribution < 1.29 is 0 Å². The third-order valence-corrected chi connectivity index (χ3v) is 3.28. The van der Waals surface area contributed by atoms with Crippen LogP contribution in [0.4, 0.5) is 0 Å². The highest BCUT2D eigenvalue weighted by molar-refractivity contribution is 4.78. The third-order valence-electron chi connectivity index (χ3n) is 3.28. The van der Waals surface area contributed by atoms with Gasteiger partial charge in [-0.25, -0.2) is 0 Å². The molecule has 2 N–H and O–H groups in total. The molecule has 0 heterocycles. The van der Waals surface area contributed by atoms with E-state index in [0.717, 1.165) is 19.6 Å². The number of nitrogens with zero attached hydrogens (tertiary/aromatic N) is 2. The fraction of sp³-hybridized carbons (Fsp3) is 1.00. The van der Waals surface area contributed by atoms with Gasteiger partial charge in [0.1, 0.15) is 0 Å². The first-order valence-electron chi connectivity index (χ1n) is 6.04. The van der Waals surface area contributed by atoms with E-state index in [0.29, 0.717) is 18.0 Å². The van der Waals surface area contributed by atoms with Crippen LogP contribution in [0.1, 0.15) is 27.7 Å². The van der Waals surface area contributed by atoms with Crippen LogP contribution in [-0.4, -0.2) is 55.6 Å². The smallest absolute Gasteiger partial charge is 0.0197 e. The summed E-state index contributed by atoms with van der Waals surface area (Å²) in [6.45, 7) is 12.0. The molecule has 0 aliphatic rings. The molecule has 0 aromatic heterocycles. The summed E-state index contributed by atoms with van der Waals surface area (Å²) in [5, 5.41) is 0. The quantitative estimate of drug-likeness (QED) is 0.693. The lowest BCUT2D eigenvalue weighted by molar-refractivity contribution is 0.107. The highest BCUT2D eigenvalue weighted by Crippen LogP contribution is 2.13. The summed E-state index contributed by atoms with van der Waals surface area (Å²) in [6.07, 6.45) is 0. The summed E-state index contributed by atoms with van der Waals surface area (Å²) in [4.78, 5) is 4.78. The van der Waals surface area contributed by atoms with E-state index in [-0.39, 0.29) is 0 Å². The molecule has 0 aliphatic carbocycles. The van der Waals surface area contributed by atoms with Gasteiger partial charge >= 0.3 is 0 Å². The zero-order chi connectivity index (χ0) is 12.0. The summed E-state index contributed by atoms with van der Waals surface area (Å²) >= 11 is 0. The van der Waals surface area contributed by atoms with Gasteiger partial charge in [0.25, 0.3) is 0 Å². The molecule has 0 rings (SSSR count). The van der Waals surface area contributed by atoms with E-state index in [1.54, 1.807) is 0 Å². The van der Waals surface area contributed by atoms with Crippen molar-refractivity contribution in [1.29, 1.82) is 0 Å². The molecule has 3 nitrogen and oxygen atoms in total. The van der Waals surface area contributed by atoms with Crippen molar-refractivity contribution in [2.45, 2.75) is 39.8 Å². The van der Waals surface area contributed by atoms with Gasteiger partial charge in [0.05, 0.1) is 0 Å². The molecular formula is C12H29N3. The van der Waals surface area contributed by atoms with Crippen LogP contribution in [0.25, 0.3) is 0 Å². The second-order valence-corrected chi connectivity index (χ2v) is 4.90. The number of likely N-dealkylation sites (N-methyl/N-ethyl adjacent to an activating group) is 2. The predicted molar refractivity (Wildman–Crippen MR) is 68.1 cm³/mol. The van der Waals surface area contributed by atoms with E-state index in [1.807, 2.05) is 0 Å². The zero-order valence-electron chi connectivity index (χ0n) is 11.3. The second kappa shape index (κ2) is 7.20. The molecule has 0 fully saturated rings. The molecule has 0 bridgehead atoms. The van der Waals surface area contributed by atoms with Crippen LogP contribution < -0.4 is 5.73 Å². The number of nitrogens with two attached hydrogens (primary N) is 1. The summed E-state index contributed by atoms with van der Waals surface area (Å²) in [5.41, 5.74) is 5.73. The van der Waals surface area contributed by atoms with Gasteiger partial charge in [0.15, 0.2) is 0 Å². The zero-order valence-corrected chi connectivity index (χ0v) is 11.3. The fourth-order valence-corrected chi connectivity index (χ4v) is 2.16. The molecule has 0 spiro atoms. The van der Waals surface area contributed by atoms with E-state index in [4.69, 9.17) is 5.73 Å². The molecule has 0 aromatic rings. The molecule has 0 aliphatic heterocycles. The van der Waals surface area contributed by atoms with Gasteiger partial charge in [-0.1, -0.05) is 13.8 Å². The topological polar surface area (TPSA) is 32.5 Å². The Balaban J connectivity index is 4.32. The molecule has 0 saturated heterocycles. The highest BCUT2D eigenvalue weighted by Gasteiger charge is 2.22. The summed E-state index contributed by atoms with van der Waals surface area (Å²) in [6, 6.07) is 1.16. The predicted octanol–water partition coefficient (Wildman–Crippen LogP) is 1.24. The van der Waals surface area contributed by atoms with Crippen LogP contribution in [0.5, 0.6) is 0 Å². The normalized spacial score (nSPS) is 18.2.